The second kappa shape index (κ2) is 12.0. The molecule has 1 saturated heterocycles. The van der Waals surface area contributed by atoms with E-state index < -0.39 is 0 Å². The van der Waals surface area contributed by atoms with Gasteiger partial charge in [-0.15, -0.1) is 0 Å². The molecule has 186 valence electrons. The molecule has 1 fully saturated rings. The number of methoxy groups -OCH3 is 1. The molecule has 3 aliphatic rings. The van der Waals surface area contributed by atoms with Crippen molar-refractivity contribution in [1.82, 2.24) is 15.1 Å². The summed E-state index contributed by atoms with van der Waals surface area (Å²) in [4.78, 5) is 17.2. The molecule has 4 rings (SSSR count). The maximum absolute atomic E-state index is 12.9. The molecular formula is C28H42N3O2P. The van der Waals surface area contributed by atoms with Crippen LogP contribution >= 0.6 is 8.58 Å². The lowest BCUT2D eigenvalue weighted by molar-refractivity contribution is -0.123. The molecule has 1 amide bonds. The fraction of sp³-hybridized carbons (Fsp3) is 0.536. The third kappa shape index (κ3) is 6.73. The summed E-state index contributed by atoms with van der Waals surface area (Å²) in [5, 5.41) is 4.74. The lowest BCUT2D eigenvalue weighted by atomic mass is 10.1. The molecule has 0 radical (unpaired) electrons. The van der Waals surface area contributed by atoms with Crippen molar-refractivity contribution in [3.8, 4) is 5.75 Å². The number of aryl methyl sites for hydroxylation is 1. The molecular weight excluding hydrogens is 441 g/mol. The third-order valence-corrected chi connectivity index (χ3v) is 8.00. The summed E-state index contributed by atoms with van der Waals surface area (Å²) >= 11 is 0. The summed E-state index contributed by atoms with van der Waals surface area (Å²) in [5.41, 5.74) is 3.34. The molecule has 3 heterocycles. The van der Waals surface area contributed by atoms with Crippen molar-refractivity contribution in [2.75, 3.05) is 20.2 Å². The van der Waals surface area contributed by atoms with Crippen molar-refractivity contribution in [3.63, 3.8) is 0 Å². The van der Waals surface area contributed by atoms with Crippen LogP contribution in [0.3, 0.4) is 0 Å². The predicted molar refractivity (Wildman–Crippen MR) is 145 cm³/mol. The Morgan fingerprint density at radius 3 is 2.59 bits per heavy atom. The number of amides is 1. The highest BCUT2D eigenvalue weighted by Crippen LogP contribution is 2.45. The Kier molecular flexibility index (Phi) is 9.39. The van der Waals surface area contributed by atoms with Crippen molar-refractivity contribution in [1.29, 1.82) is 0 Å². The minimum absolute atomic E-state index is 0.0649. The number of carbonyl (C=O) groups is 1. The van der Waals surface area contributed by atoms with E-state index in [-0.39, 0.29) is 11.7 Å². The molecule has 0 aliphatic carbocycles. The molecule has 0 bridgehead atoms. The lowest BCUT2D eigenvalue weighted by Crippen LogP contribution is -2.39. The summed E-state index contributed by atoms with van der Waals surface area (Å²) in [7, 11) is 2.22. The first-order chi connectivity index (χ1) is 16.2. The summed E-state index contributed by atoms with van der Waals surface area (Å²) in [6.07, 6.45) is 10.7. The first-order valence-corrected chi connectivity index (χ1v) is 13.7. The van der Waals surface area contributed by atoms with E-state index in [4.69, 9.17) is 4.74 Å². The minimum atomic E-state index is 0.0649. The standard InChI is InChI=1S/C23H30N3O2P.C5H12/c1-15(2)24-18-9-10-25(13-18)19-6-8-23-26(14-19)22(27)12-21(29-23)17-5-7-20(28-4)16(3)11-17;1-4-5(2)3/h5-8,11-12,14-15,18,23-24,29H,9-10,13H2,1-4H3;5H,4H2,1-3H3/t18-,23?;/m0./s1. The summed E-state index contributed by atoms with van der Waals surface area (Å²) in [5.74, 6) is 1.94. The van der Waals surface area contributed by atoms with E-state index in [9.17, 15) is 4.79 Å². The number of rotatable bonds is 6. The molecule has 0 aromatic heterocycles. The van der Waals surface area contributed by atoms with Gasteiger partial charge in [0.2, 0.25) is 0 Å². The molecule has 3 aliphatic heterocycles. The molecule has 1 aromatic rings. The van der Waals surface area contributed by atoms with Crippen LogP contribution in [0, 0.1) is 12.8 Å². The van der Waals surface area contributed by atoms with Gasteiger partial charge in [-0.1, -0.05) is 61.8 Å². The van der Waals surface area contributed by atoms with Crippen molar-refractivity contribution in [3.05, 3.63) is 59.5 Å². The lowest BCUT2D eigenvalue weighted by Gasteiger charge is -2.35. The molecule has 2 unspecified atom stereocenters. The Hall–Kier alpha value is -2.10. The first-order valence-electron chi connectivity index (χ1n) is 12.6. The monoisotopic (exact) mass is 483 g/mol. The van der Waals surface area contributed by atoms with Crippen LogP contribution in [-0.2, 0) is 4.79 Å². The molecule has 6 heteroatoms. The highest BCUT2D eigenvalue weighted by molar-refractivity contribution is 7.51. The Morgan fingerprint density at radius 2 is 1.97 bits per heavy atom. The molecule has 1 aromatic carbocycles. The number of ether oxygens (including phenoxy) is 1. The van der Waals surface area contributed by atoms with Gasteiger partial charge in [0, 0.05) is 37.4 Å². The van der Waals surface area contributed by atoms with Gasteiger partial charge in [0.15, 0.2) is 0 Å². The normalized spacial score (nSPS) is 22.6. The van der Waals surface area contributed by atoms with E-state index in [1.54, 1.807) is 13.2 Å². The van der Waals surface area contributed by atoms with Crippen molar-refractivity contribution in [2.45, 2.75) is 72.3 Å². The SMILES string of the molecule is CCC(C)C.COc1ccc(C2=CC(=O)N3C=C(N4CC[C@H](NC(C)C)C4)C=CC3P2)cc1C. The second-order valence-electron chi connectivity index (χ2n) is 10.0. The highest BCUT2D eigenvalue weighted by Gasteiger charge is 2.31. The van der Waals surface area contributed by atoms with Crippen LogP contribution in [0.25, 0.3) is 5.31 Å². The quantitative estimate of drug-likeness (QED) is 0.525. The zero-order valence-electron chi connectivity index (χ0n) is 21.9. The van der Waals surface area contributed by atoms with E-state index in [0.29, 0.717) is 20.7 Å². The van der Waals surface area contributed by atoms with Gasteiger partial charge in [0.25, 0.3) is 5.91 Å². The van der Waals surface area contributed by atoms with Gasteiger partial charge in [-0.2, -0.15) is 0 Å². The second-order valence-corrected chi connectivity index (χ2v) is 11.5. The minimum Gasteiger partial charge on any atom is -0.496 e. The maximum Gasteiger partial charge on any atom is 0.252 e. The van der Waals surface area contributed by atoms with Gasteiger partial charge in [-0.05, 0) is 53.9 Å². The molecule has 1 N–H and O–H groups in total. The summed E-state index contributed by atoms with van der Waals surface area (Å²) < 4.78 is 5.36. The average molecular weight is 484 g/mol. The van der Waals surface area contributed by atoms with Gasteiger partial charge in [0.05, 0.1) is 18.6 Å². The van der Waals surface area contributed by atoms with Gasteiger partial charge < -0.3 is 19.9 Å². The number of hydrogen-bond acceptors (Lipinski definition) is 4. The van der Waals surface area contributed by atoms with Crippen molar-refractivity contribution in [2.24, 2.45) is 5.92 Å². The zero-order chi connectivity index (χ0) is 24.8. The first kappa shape index (κ1) is 26.5. The number of benzene rings is 1. The van der Waals surface area contributed by atoms with Crippen LogP contribution in [0.2, 0.25) is 0 Å². The van der Waals surface area contributed by atoms with Crippen LogP contribution in [0.15, 0.2) is 48.3 Å². The van der Waals surface area contributed by atoms with Crippen molar-refractivity contribution < 1.29 is 9.53 Å². The Balaban J connectivity index is 0.000000588. The van der Waals surface area contributed by atoms with Crippen molar-refractivity contribution >= 4 is 19.8 Å². The van der Waals surface area contributed by atoms with Gasteiger partial charge in [-0.3, -0.25) is 4.79 Å². The van der Waals surface area contributed by atoms with Gasteiger partial charge in [0.1, 0.15) is 5.75 Å². The number of hydrogen-bond donors (Lipinski definition) is 1. The van der Waals surface area contributed by atoms with E-state index in [2.05, 4.69) is 63.1 Å². The van der Waals surface area contributed by atoms with E-state index >= 15 is 0 Å². The average Bonchev–Trinajstić information content (AvgIpc) is 3.27. The molecule has 34 heavy (non-hydrogen) atoms. The Labute approximate surface area is 208 Å². The number of nitrogens with zero attached hydrogens (tertiary/aromatic N) is 2. The van der Waals surface area contributed by atoms with Crippen LogP contribution < -0.4 is 10.1 Å². The highest BCUT2D eigenvalue weighted by atomic mass is 31.1. The Bertz CT molecular complexity index is 951. The molecule has 0 saturated carbocycles. The maximum atomic E-state index is 12.9. The van der Waals surface area contributed by atoms with Crippen LogP contribution in [0.4, 0.5) is 0 Å². The third-order valence-electron chi connectivity index (χ3n) is 6.49. The summed E-state index contributed by atoms with van der Waals surface area (Å²) in [6, 6.07) is 7.16. The smallest absolute Gasteiger partial charge is 0.252 e. The predicted octanol–water partition coefficient (Wildman–Crippen LogP) is 5.73. The topological polar surface area (TPSA) is 44.8 Å². The fourth-order valence-corrected chi connectivity index (χ4v) is 5.65. The van der Waals surface area contributed by atoms with E-state index in [0.717, 1.165) is 53.3 Å². The molecule has 3 atom stereocenters. The zero-order valence-corrected chi connectivity index (χ0v) is 22.9. The Morgan fingerprint density at radius 1 is 1.24 bits per heavy atom. The van der Waals surface area contributed by atoms with Crippen LogP contribution in [-0.4, -0.2) is 53.8 Å². The van der Waals surface area contributed by atoms with E-state index in [1.165, 1.54) is 6.42 Å². The number of fused-ring (bicyclic) bond motifs is 1. The molecule has 5 nitrogen and oxygen atoms in total. The molecule has 0 spiro atoms. The number of nitrogens with one attached hydrogen (secondary N) is 1. The summed E-state index contributed by atoms with van der Waals surface area (Å²) in [6.45, 7) is 15.1. The number of allylic oxidation sites excluding steroid dienone is 1. The fourth-order valence-electron chi connectivity index (χ4n) is 4.27. The van der Waals surface area contributed by atoms with Gasteiger partial charge in [-0.25, -0.2) is 0 Å². The number of likely N-dealkylation sites (tertiary alicyclic amines) is 1. The number of carbonyl (C=O) groups excluding carboxylic acids is 1. The van der Waals surface area contributed by atoms with Gasteiger partial charge >= 0.3 is 0 Å². The van der Waals surface area contributed by atoms with Crippen LogP contribution in [0.1, 0.15) is 58.6 Å². The largest absolute Gasteiger partial charge is 0.496 e. The van der Waals surface area contributed by atoms with Crippen LogP contribution in [0.5, 0.6) is 5.75 Å². The van der Waals surface area contributed by atoms with E-state index in [1.807, 2.05) is 30.2 Å².